The minimum Gasteiger partial charge on any atom is -0.306 e. The fourth-order valence-electron chi connectivity index (χ4n) is 1.85. The van der Waals surface area contributed by atoms with E-state index in [4.69, 9.17) is 0 Å². The predicted molar refractivity (Wildman–Crippen MR) is 79.5 cm³/mol. The molecule has 1 aliphatic heterocycles. The number of carbonyl (C=O) groups is 2. The summed E-state index contributed by atoms with van der Waals surface area (Å²) in [7, 11) is 0. The first-order valence-corrected chi connectivity index (χ1v) is 6.66. The molecule has 0 radical (unpaired) electrons. The quantitative estimate of drug-likeness (QED) is 0.753. The summed E-state index contributed by atoms with van der Waals surface area (Å²) >= 11 is 3.12. The SMILES string of the molecule is Cl.O=C(NC(=O)[C@@H]1CCCN1)Nc1ccc(Br)cc1F. The van der Waals surface area contributed by atoms with Crippen molar-refractivity contribution in [2.75, 3.05) is 11.9 Å². The van der Waals surface area contributed by atoms with Crippen molar-refractivity contribution in [1.82, 2.24) is 10.6 Å². The molecule has 3 N–H and O–H groups in total. The topological polar surface area (TPSA) is 70.2 Å². The van der Waals surface area contributed by atoms with E-state index in [0.717, 1.165) is 13.0 Å². The zero-order valence-corrected chi connectivity index (χ0v) is 12.8. The van der Waals surface area contributed by atoms with Crippen molar-refractivity contribution < 1.29 is 14.0 Å². The fraction of sp³-hybridized carbons (Fsp3) is 0.333. The van der Waals surface area contributed by atoms with Crippen LogP contribution in [0.15, 0.2) is 22.7 Å². The number of amides is 3. The molecule has 3 amide bonds. The molecule has 20 heavy (non-hydrogen) atoms. The number of anilines is 1. The smallest absolute Gasteiger partial charge is 0.306 e. The second kappa shape index (κ2) is 7.56. The molecule has 0 saturated carbocycles. The summed E-state index contributed by atoms with van der Waals surface area (Å²) in [6, 6.07) is 3.16. The Bertz CT molecular complexity index is 509. The number of carbonyl (C=O) groups excluding carboxylic acids is 2. The summed E-state index contributed by atoms with van der Waals surface area (Å²) in [5, 5.41) is 7.45. The monoisotopic (exact) mass is 365 g/mol. The molecular weight excluding hydrogens is 353 g/mol. The van der Waals surface area contributed by atoms with Crippen molar-refractivity contribution in [2.45, 2.75) is 18.9 Å². The van der Waals surface area contributed by atoms with E-state index >= 15 is 0 Å². The van der Waals surface area contributed by atoms with Gasteiger partial charge in [-0.15, -0.1) is 12.4 Å². The lowest BCUT2D eigenvalue weighted by Gasteiger charge is -2.11. The number of urea groups is 1. The Morgan fingerprint density at radius 3 is 2.75 bits per heavy atom. The Balaban J connectivity index is 0.00000200. The van der Waals surface area contributed by atoms with Crippen LogP contribution in [0.4, 0.5) is 14.9 Å². The number of imide groups is 1. The van der Waals surface area contributed by atoms with Gasteiger partial charge in [0.25, 0.3) is 0 Å². The van der Waals surface area contributed by atoms with Gasteiger partial charge in [0.15, 0.2) is 0 Å². The van der Waals surface area contributed by atoms with Crippen LogP contribution in [0.25, 0.3) is 0 Å². The number of hydrogen-bond acceptors (Lipinski definition) is 3. The number of halogens is 3. The van der Waals surface area contributed by atoms with Gasteiger partial charge in [-0.1, -0.05) is 15.9 Å². The minimum atomic E-state index is -0.736. The molecule has 1 atom stereocenters. The van der Waals surface area contributed by atoms with Crippen LogP contribution in [-0.4, -0.2) is 24.5 Å². The molecule has 1 saturated heterocycles. The highest BCUT2D eigenvalue weighted by Gasteiger charge is 2.23. The number of rotatable bonds is 2. The van der Waals surface area contributed by atoms with Crippen molar-refractivity contribution in [3.05, 3.63) is 28.5 Å². The van der Waals surface area contributed by atoms with E-state index in [1.165, 1.54) is 12.1 Å². The average Bonchev–Trinajstić information content (AvgIpc) is 2.86. The lowest BCUT2D eigenvalue weighted by Crippen LogP contribution is -2.44. The first kappa shape index (κ1) is 16.9. The molecule has 5 nitrogen and oxygen atoms in total. The van der Waals surface area contributed by atoms with Gasteiger partial charge in [-0.25, -0.2) is 9.18 Å². The van der Waals surface area contributed by atoms with E-state index in [0.29, 0.717) is 10.9 Å². The molecular formula is C12H14BrClFN3O2. The molecule has 2 rings (SSSR count). The lowest BCUT2D eigenvalue weighted by atomic mass is 10.2. The molecule has 0 aromatic heterocycles. The largest absolute Gasteiger partial charge is 0.326 e. The number of nitrogens with one attached hydrogen (secondary N) is 3. The minimum absolute atomic E-state index is 0. The highest BCUT2D eigenvalue weighted by atomic mass is 79.9. The van der Waals surface area contributed by atoms with Gasteiger partial charge in [0.2, 0.25) is 5.91 Å². The van der Waals surface area contributed by atoms with Gasteiger partial charge in [-0.2, -0.15) is 0 Å². The van der Waals surface area contributed by atoms with E-state index in [9.17, 15) is 14.0 Å². The molecule has 110 valence electrons. The second-order valence-electron chi connectivity index (χ2n) is 4.22. The Morgan fingerprint density at radius 1 is 1.40 bits per heavy atom. The molecule has 8 heteroatoms. The third-order valence-corrected chi connectivity index (χ3v) is 3.29. The Hall–Kier alpha value is -1.18. The van der Waals surface area contributed by atoms with Gasteiger partial charge < -0.3 is 10.6 Å². The maximum atomic E-state index is 13.5. The fourth-order valence-corrected chi connectivity index (χ4v) is 2.18. The van der Waals surface area contributed by atoms with Crippen molar-refractivity contribution in [2.24, 2.45) is 0 Å². The third-order valence-electron chi connectivity index (χ3n) is 2.79. The molecule has 0 bridgehead atoms. The number of benzene rings is 1. The third kappa shape index (κ3) is 4.43. The normalized spacial score (nSPS) is 17.2. The van der Waals surface area contributed by atoms with Crippen LogP contribution >= 0.6 is 28.3 Å². The summed E-state index contributed by atoms with van der Waals surface area (Å²) in [5.41, 5.74) is 0.0212. The van der Waals surface area contributed by atoms with Crippen molar-refractivity contribution in [3.63, 3.8) is 0 Å². The summed E-state index contributed by atoms with van der Waals surface area (Å²) in [6.45, 7) is 0.765. The van der Waals surface area contributed by atoms with Gasteiger partial charge >= 0.3 is 6.03 Å². The van der Waals surface area contributed by atoms with Gasteiger partial charge in [-0.3, -0.25) is 10.1 Å². The van der Waals surface area contributed by atoms with E-state index in [1.807, 2.05) is 0 Å². The van der Waals surface area contributed by atoms with E-state index in [1.54, 1.807) is 6.07 Å². The average molecular weight is 367 g/mol. The van der Waals surface area contributed by atoms with Crippen LogP contribution in [0.5, 0.6) is 0 Å². The van der Waals surface area contributed by atoms with Crippen LogP contribution < -0.4 is 16.0 Å². The Morgan fingerprint density at radius 2 is 2.15 bits per heavy atom. The van der Waals surface area contributed by atoms with Crippen LogP contribution in [0, 0.1) is 5.82 Å². The molecule has 1 aromatic rings. The lowest BCUT2D eigenvalue weighted by molar-refractivity contribution is -0.121. The van der Waals surface area contributed by atoms with Crippen molar-refractivity contribution >= 4 is 46.0 Å². The first-order chi connectivity index (χ1) is 9.06. The maximum Gasteiger partial charge on any atom is 0.326 e. The van der Waals surface area contributed by atoms with Gasteiger partial charge in [0, 0.05) is 4.47 Å². The summed E-state index contributed by atoms with van der Waals surface area (Å²) in [4.78, 5) is 23.2. The number of hydrogen-bond donors (Lipinski definition) is 3. The predicted octanol–water partition coefficient (Wildman–Crippen LogP) is 2.41. The highest BCUT2D eigenvalue weighted by molar-refractivity contribution is 9.10. The molecule has 0 spiro atoms. The Labute approximate surface area is 130 Å². The standard InChI is InChI=1S/C12H13BrFN3O2.ClH/c13-7-3-4-9(8(14)6-7)16-12(19)17-11(18)10-2-1-5-15-10;/h3-4,6,10,15H,1-2,5H2,(H2,16,17,18,19);1H/t10-;/m0./s1. The molecule has 1 aliphatic rings. The van der Waals surface area contributed by atoms with Gasteiger partial charge in [-0.05, 0) is 37.6 Å². The van der Waals surface area contributed by atoms with Crippen LogP contribution in [0.1, 0.15) is 12.8 Å². The van der Waals surface area contributed by atoms with Gasteiger partial charge in [0.05, 0.1) is 11.7 Å². The van der Waals surface area contributed by atoms with Crippen molar-refractivity contribution in [3.8, 4) is 0 Å². The second-order valence-corrected chi connectivity index (χ2v) is 5.13. The van der Waals surface area contributed by atoms with Crippen molar-refractivity contribution in [1.29, 1.82) is 0 Å². The molecule has 0 aliphatic carbocycles. The zero-order chi connectivity index (χ0) is 13.8. The summed E-state index contributed by atoms with van der Waals surface area (Å²) < 4.78 is 14.1. The molecule has 1 aromatic carbocycles. The van der Waals surface area contributed by atoms with E-state index in [2.05, 4.69) is 31.9 Å². The maximum absolute atomic E-state index is 13.5. The molecule has 0 unspecified atom stereocenters. The first-order valence-electron chi connectivity index (χ1n) is 5.86. The zero-order valence-electron chi connectivity index (χ0n) is 10.4. The Kier molecular flexibility index (Phi) is 6.38. The summed E-state index contributed by atoms with van der Waals surface area (Å²) in [6.07, 6.45) is 1.60. The van der Waals surface area contributed by atoms with Crippen LogP contribution in [0.2, 0.25) is 0 Å². The van der Waals surface area contributed by atoms with E-state index in [-0.39, 0.29) is 24.1 Å². The summed E-state index contributed by atoms with van der Waals surface area (Å²) in [5.74, 6) is -0.969. The van der Waals surface area contributed by atoms with Gasteiger partial charge in [0.1, 0.15) is 5.82 Å². The highest BCUT2D eigenvalue weighted by Crippen LogP contribution is 2.19. The van der Waals surface area contributed by atoms with E-state index < -0.39 is 17.8 Å². The van der Waals surface area contributed by atoms with Crippen LogP contribution in [-0.2, 0) is 4.79 Å². The molecule has 1 fully saturated rings. The molecule has 1 heterocycles. The van der Waals surface area contributed by atoms with Crippen LogP contribution in [0.3, 0.4) is 0 Å².